The van der Waals surface area contributed by atoms with Crippen LogP contribution in [0.15, 0.2) is 47.4 Å². The van der Waals surface area contributed by atoms with Gasteiger partial charge in [0.05, 0.1) is 20.6 Å². The number of anilines is 1. The summed E-state index contributed by atoms with van der Waals surface area (Å²) < 4.78 is 0. The van der Waals surface area contributed by atoms with Gasteiger partial charge in [0.15, 0.2) is 0 Å². The fraction of sp³-hybridized carbons (Fsp3) is 0.111. The zero-order valence-corrected chi connectivity index (χ0v) is 15.1. The first-order chi connectivity index (χ1) is 11.5. The number of hydrogen-bond donors (Lipinski definition) is 0. The first kappa shape index (κ1) is 17.1. The molecule has 0 radical (unpaired) electrons. The monoisotopic (exact) mass is 377 g/mol. The molecule has 0 aliphatic carbocycles. The maximum Gasteiger partial charge on any atom is 0.298 e. The number of halogens is 2. The molecule has 0 spiro atoms. The van der Waals surface area contributed by atoms with Crippen molar-refractivity contribution in [3.05, 3.63) is 68.5 Å². The lowest BCUT2D eigenvalue weighted by Gasteiger charge is -2.13. The molecule has 1 saturated heterocycles. The number of carbonyl (C=O) groups is 2. The van der Waals surface area contributed by atoms with Crippen molar-refractivity contribution in [1.29, 1.82) is 0 Å². The van der Waals surface area contributed by atoms with Gasteiger partial charge in [-0.3, -0.25) is 9.59 Å². The van der Waals surface area contributed by atoms with Crippen molar-refractivity contribution in [3.63, 3.8) is 0 Å². The average molecular weight is 378 g/mol. The number of aryl methyl sites for hydroxylation is 1. The molecule has 0 bridgehead atoms. The summed E-state index contributed by atoms with van der Waals surface area (Å²) >= 11 is 12.8. The van der Waals surface area contributed by atoms with Crippen LogP contribution in [0.1, 0.15) is 18.1 Å². The third-order valence-corrected chi connectivity index (χ3v) is 5.25. The van der Waals surface area contributed by atoms with Crippen LogP contribution in [-0.4, -0.2) is 11.1 Å². The van der Waals surface area contributed by atoms with E-state index in [2.05, 4.69) is 6.92 Å². The van der Waals surface area contributed by atoms with E-state index in [0.29, 0.717) is 20.6 Å². The highest BCUT2D eigenvalue weighted by atomic mass is 35.5. The van der Waals surface area contributed by atoms with Crippen LogP contribution < -0.4 is 4.90 Å². The third-order valence-electron chi connectivity index (χ3n) is 3.64. The number of benzene rings is 2. The summed E-state index contributed by atoms with van der Waals surface area (Å²) in [5.74, 6) is -0.358. The minimum Gasteiger partial charge on any atom is -0.268 e. The molecule has 0 unspecified atom stereocenters. The van der Waals surface area contributed by atoms with Gasteiger partial charge in [0.25, 0.3) is 11.1 Å². The average Bonchev–Trinajstić information content (AvgIpc) is 2.85. The number of hydrogen-bond acceptors (Lipinski definition) is 3. The highest BCUT2D eigenvalue weighted by Gasteiger charge is 2.36. The Morgan fingerprint density at radius 3 is 2.38 bits per heavy atom. The number of thioether (sulfide) groups is 1. The quantitative estimate of drug-likeness (QED) is 0.634. The molecule has 6 heteroatoms. The molecule has 0 atom stereocenters. The minimum atomic E-state index is -0.358. The van der Waals surface area contributed by atoms with Gasteiger partial charge in [-0.15, -0.1) is 0 Å². The minimum absolute atomic E-state index is 0.298. The summed E-state index contributed by atoms with van der Waals surface area (Å²) in [6, 6.07) is 12.6. The molecular weight excluding hydrogens is 365 g/mol. The second kappa shape index (κ2) is 7.01. The molecule has 0 N–H and O–H groups in total. The number of amides is 2. The highest BCUT2D eigenvalue weighted by Crippen LogP contribution is 2.37. The molecular formula is C18H13Cl2NO2S. The summed E-state index contributed by atoms with van der Waals surface area (Å²) in [6.45, 7) is 2.08. The zero-order valence-electron chi connectivity index (χ0n) is 12.8. The lowest BCUT2D eigenvalue weighted by Crippen LogP contribution is -2.27. The maximum absolute atomic E-state index is 12.6. The molecule has 1 heterocycles. The van der Waals surface area contributed by atoms with Gasteiger partial charge in [0.2, 0.25) is 0 Å². The van der Waals surface area contributed by atoms with Gasteiger partial charge < -0.3 is 0 Å². The van der Waals surface area contributed by atoms with E-state index in [-0.39, 0.29) is 11.1 Å². The van der Waals surface area contributed by atoms with E-state index in [4.69, 9.17) is 23.2 Å². The second-order valence-corrected chi connectivity index (χ2v) is 7.02. The van der Waals surface area contributed by atoms with Crippen LogP contribution in [-0.2, 0) is 11.2 Å². The van der Waals surface area contributed by atoms with Gasteiger partial charge in [-0.1, -0.05) is 54.4 Å². The van der Waals surface area contributed by atoms with Crippen LogP contribution in [0.4, 0.5) is 10.5 Å². The fourth-order valence-corrected chi connectivity index (χ4v) is 3.45. The Bertz CT molecular complexity index is 847. The van der Waals surface area contributed by atoms with E-state index in [1.807, 2.05) is 24.3 Å². The van der Waals surface area contributed by atoms with Gasteiger partial charge in [-0.05, 0) is 53.6 Å². The Kier molecular flexibility index (Phi) is 4.99. The molecule has 3 nitrogen and oxygen atoms in total. The predicted octanol–water partition coefficient (Wildman–Crippen LogP) is 5.80. The van der Waals surface area contributed by atoms with Crippen molar-refractivity contribution in [1.82, 2.24) is 0 Å². The van der Waals surface area contributed by atoms with Crippen molar-refractivity contribution in [2.75, 3.05) is 4.90 Å². The van der Waals surface area contributed by atoms with Crippen LogP contribution in [0.2, 0.25) is 10.0 Å². The molecule has 3 rings (SSSR count). The van der Waals surface area contributed by atoms with Crippen molar-refractivity contribution < 1.29 is 9.59 Å². The zero-order chi connectivity index (χ0) is 17.3. The summed E-state index contributed by atoms with van der Waals surface area (Å²) in [5.41, 5.74) is 2.51. The van der Waals surface area contributed by atoms with E-state index in [9.17, 15) is 9.59 Å². The van der Waals surface area contributed by atoms with E-state index in [1.165, 1.54) is 11.6 Å². The van der Waals surface area contributed by atoms with Gasteiger partial charge >= 0.3 is 0 Å². The SMILES string of the molecule is CCc1ccc(/C=C2\SC(=O)N(c3ccc(Cl)c(Cl)c3)C2=O)cc1. The molecule has 0 saturated carbocycles. The first-order valence-corrected chi connectivity index (χ1v) is 8.89. The first-order valence-electron chi connectivity index (χ1n) is 7.31. The molecule has 0 aromatic heterocycles. The van der Waals surface area contributed by atoms with Crippen LogP contribution >= 0.6 is 35.0 Å². The Balaban J connectivity index is 1.90. The van der Waals surface area contributed by atoms with Crippen LogP contribution in [0.25, 0.3) is 6.08 Å². The molecule has 2 amide bonds. The lowest BCUT2D eigenvalue weighted by molar-refractivity contribution is -0.113. The van der Waals surface area contributed by atoms with Crippen molar-refractivity contribution >= 4 is 57.9 Å². The van der Waals surface area contributed by atoms with Crippen LogP contribution in [0, 0.1) is 0 Å². The standard InChI is InChI=1S/C18H13Cl2NO2S/c1-2-11-3-5-12(6-4-11)9-16-17(22)21(18(23)24-16)13-7-8-14(19)15(20)10-13/h3-10H,2H2,1H3/b16-9-. The lowest BCUT2D eigenvalue weighted by atomic mass is 10.1. The molecule has 122 valence electrons. The second-order valence-electron chi connectivity index (χ2n) is 5.21. The molecule has 1 fully saturated rings. The topological polar surface area (TPSA) is 37.4 Å². The van der Waals surface area contributed by atoms with Crippen molar-refractivity contribution in [3.8, 4) is 0 Å². The highest BCUT2D eigenvalue weighted by molar-refractivity contribution is 8.19. The van der Waals surface area contributed by atoms with Gasteiger partial charge in [0.1, 0.15) is 0 Å². The van der Waals surface area contributed by atoms with Gasteiger partial charge in [0, 0.05) is 0 Å². The van der Waals surface area contributed by atoms with E-state index in [1.54, 1.807) is 18.2 Å². The summed E-state index contributed by atoms with van der Waals surface area (Å²) in [6.07, 6.45) is 2.68. The predicted molar refractivity (Wildman–Crippen MR) is 101 cm³/mol. The molecule has 24 heavy (non-hydrogen) atoms. The van der Waals surface area contributed by atoms with E-state index >= 15 is 0 Å². The normalized spacial score (nSPS) is 16.3. The number of imide groups is 1. The summed E-state index contributed by atoms with van der Waals surface area (Å²) in [5, 5.41) is 0.320. The molecule has 2 aromatic carbocycles. The molecule has 1 aliphatic rings. The molecule has 1 aliphatic heterocycles. The Morgan fingerprint density at radius 1 is 1.04 bits per heavy atom. The summed E-state index contributed by atoms with van der Waals surface area (Å²) in [4.78, 5) is 26.3. The smallest absolute Gasteiger partial charge is 0.268 e. The third kappa shape index (κ3) is 3.36. The maximum atomic E-state index is 12.6. The largest absolute Gasteiger partial charge is 0.298 e. The van der Waals surface area contributed by atoms with E-state index < -0.39 is 0 Å². The van der Waals surface area contributed by atoms with Gasteiger partial charge in [-0.2, -0.15) is 0 Å². The number of rotatable bonds is 3. The molecule has 2 aromatic rings. The van der Waals surface area contributed by atoms with Crippen molar-refractivity contribution in [2.24, 2.45) is 0 Å². The van der Waals surface area contributed by atoms with E-state index in [0.717, 1.165) is 28.6 Å². The van der Waals surface area contributed by atoms with Crippen LogP contribution in [0.3, 0.4) is 0 Å². The van der Waals surface area contributed by atoms with Crippen molar-refractivity contribution in [2.45, 2.75) is 13.3 Å². The Morgan fingerprint density at radius 2 is 1.75 bits per heavy atom. The summed E-state index contributed by atoms with van der Waals surface area (Å²) in [7, 11) is 0. The van der Waals surface area contributed by atoms with Crippen LogP contribution in [0.5, 0.6) is 0 Å². The van der Waals surface area contributed by atoms with Gasteiger partial charge in [-0.25, -0.2) is 4.90 Å². The number of nitrogens with zero attached hydrogens (tertiary/aromatic N) is 1. The Labute approximate surface area is 154 Å². The Hall–Kier alpha value is -1.75. The fourth-order valence-electron chi connectivity index (χ4n) is 2.32. The number of carbonyl (C=O) groups excluding carboxylic acids is 2.